The predicted molar refractivity (Wildman–Crippen MR) is 256 cm³/mol. The number of methoxy groups -OCH3 is 1. The van der Waals surface area contributed by atoms with Crippen LogP contribution in [-0.4, -0.2) is 60.3 Å². The second kappa shape index (κ2) is 33.3. The molecule has 0 amide bonds. The lowest BCUT2D eigenvalue weighted by atomic mass is 9.70. The summed E-state index contributed by atoms with van der Waals surface area (Å²) in [4.78, 5) is 25.1. The molecule has 7 nitrogen and oxygen atoms in total. The molecule has 0 aromatic rings. The normalized spacial score (nSPS) is 29.6. The first kappa shape index (κ1) is 55.8. The van der Waals surface area contributed by atoms with E-state index in [1.807, 2.05) is 87.6 Å². The third-order valence-corrected chi connectivity index (χ3v) is 13.3. The number of aliphatic hydroxyl groups is 2. The van der Waals surface area contributed by atoms with E-state index in [-0.39, 0.29) is 41.9 Å². The van der Waals surface area contributed by atoms with Gasteiger partial charge in [-0.1, -0.05) is 165 Å². The largest absolute Gasteiger partial charge is 0.466 e. The summed E-state index contributed by atoms with van der Waals surface area (Å²) in [6.07, 6.45) is 38.0. The van der Waals surface area contributed by atoms with Crippen molar-refractivity contribution in [1.29, 1.82) is 0 Å². The maximum Gasteiger partial charge on any atom is 0.306 e. The number of esters is 2. The van der Waals surface area contributed by atoms with Crippen LogP contribution >= 0.6 is 0 Å². The van der Waals surface area contributed by atoms with Gasteiger partial charge in [-0.25, -0.2) is 0 Å². The molecule has 1 rings (SSSR count). The molecule has 12 atom stereocenters. The average molecular weight is 849 g/mol. The van der Waals surface area contributed by atoms with Crippen molar-refractivity contribution in [2.24, 2.45) is 47.3 Å². The Morgan fingerprint density at radius 2 is 1.41 bits per heavy atom. The number of rotatable bonds is 17. The predicted octanol–water partition coefficient (Wildman–Crippen LogP) is 12.8. The van der Waals surface area contributed by atoms with E-state index >= 15 is 0 Å². The van der Waals surface area contributed by atoms with Crippen LogP contribution in [0.5, 0.6) is 0 Å². The summed E-state index contributed by atoms with van der Waals surface area (Å²) in [6.45, 7) is 22.1. The molecule has 0 aromatic heterocycles. The molecule has 61 heavy (non-hydrogen) atoms. The fourth-order valence-electron chi connectivity index (χ4n) is 8.09. The van der Waals surface area contributed by atoms with Gasteiger partial charge in [-0.2, -0.15) is 0 Å². The zero-order valence-corrected chi connectivity index (χ0v) is 40.2. The standard InChI is InChI=1S/C54H88O7/c1-12-60-53(57)36-35-41(3)37-49(55)31-25-19-17-15-13-14-16-18-23-29-40(2)38-51(56)48(10)52-34-28-22-27-33-50(59-11)32-26-21-20-24-30-42(4)44(6)46(8)47(9)45(7)43(5)39-54(58)61-52/h13-21,23-26,29,38,41-52,55-56H,12,22,27-28,30-37,39H2,1-11H3/b14-13+,17-15+,18-16+,24-20+,25-19+,26-21-,29-23+,40-38+. The molecule has 1 heterocycles. The average Bonchev–Trinajstić information content (AvgIpc) is 3.22. The molecule has 0 spiro atoms. The first-order valence-electron chi connectivity index (χ1n) is 23.7. The summed E-state index contributed by atoms with van der Waals surface area (Å²) in [7, 11) is 1.79. The minimum atomic E-state index is -0.761. The Morgan fingerprint density at radius 1 is 0.820 bits per heavy atom. The van der Waals surface area contributed by atoms with Gasteiger partial charge in [0.1, 0.15) is 6.10 Å². The van der Waals surface area contributed by atoms with Crippen molar-refractivity contribution in [3.63, 3.8) is 0 Å². The Labute approximate surface area is 373 Å². The zero-order valence-electron chi connectivity index (χ0n) is 40.2. The van der Waals surface area contributed by atoms with Crippen LogP contribution in [0.1, 0.15) is 146 Å². The molecule has 0 fully saturated rings. The third kappa shape index (κ3) is 25.4. The lowest BCUT2D eigenvalue weighted by molar-refractivity contribution is -0.155. The topological polar surface area (TPSA) is 102 Å². The summed E-state index contributed by atoms with van der Waals surface area (Å²) >= 11 is 0. The molecule has 346 valence electrons. The molecule has 0 saturated heterocycles. The highest BCUT2D eigenvalue weighted by Crippen LogP contribution is 2.36. The van der Waals surface area contributed by atoms with Crippen molar-refractivity contribution < 1.29 is 34.0 Å². The number of ether oxygens (including phenoxy) is 3. The molecule has 0 bridgehead atoms. The second-order valence-corrected chi connectivity index (χ2v) is 18.2. The molecule has 7 heteroatoms. The van der Waals surface area contributed by atoms with Crippen LogP contribution in [0, 0.1) is 47.3 Å². The number of cyclic esters (lactones) is 1. The van der Waals surface area contributed by atoms with Crippen molar-refractivity contribution in [2.75, 3.05) is 13.7 Å². The Hall–Kier alpha value is -3.26. The molecular weight excluding hydrogens is 761 g/mol. The van der Waals surface area contributed by atoms with Crippen LogP contribution in [0.2, 0.25) is 0 Å². The molecule has 0 aromatic carbocycles. The molecule has 0 saturated carbocycles. The highest BCUT2D eigenvalue weighted by atomic mass is 16.5. The fourth-order valence-corrected chi connectivity index (χ4v) is 8.09. The van der Waals surface area contributed by atoms with Crippen molar-refractivity contribution in [3.05, 3.63) is 96.7 Å². The maximum absolute atomic E-state index is 13.6. The molecule has 2 N–H and O–H groups in total. The van der Waals surface area contributed by atoms with Gasteiger partial charge in [0.2, 0.25) is 0 Å². The number of hydrogen-bond donors (Lipinski definition) is 2. The van der Waals surface area contributed by atoms with Gasteiger partial charge in [0.05, 0.1) is 24.9 Å². The first-order chi connectivity index (χ1) is 29.1. The van der Waals surface area contributed by atoms with E-state index in [4.69, 9.17) is 14.2 Å². The van der Waals surface area contributed by atoms with E-state index in [0.29, 0.717) is 68.3 Å². The summed E-state index contributed by atoms with van der Waals surface area (Å²) in [5, 5.41) is 21.7. The number of carbonyl (C=O) groups is 2. The SMILES string of the molecule is CCOC(=O)CCC(C)CC(O)C/C=C/C=C/C=C/C=C/C=C/C(C)=C/C(O)C(C)C1CCCCCC(OC)C/C=C\C=C\CC(C)C(C)C(C)C(C)C(C)C(C)CC(=O)O1. The van der Waals surface area contributed by atoms with Crippen molar-refractivity contribution in [2.45, 2.75) is 171 Å². The van der Waals surface area contributed by atoms with Crippen molar-refractivity contribution >= 4 is 11.9 Å². The Morgan fingerprint density at radius 3 is 2.05 bits per heavy atom. The monoisotopic (exact) mass is 849 g/mol. The molecule has 12 unspecified atom stereocenters. The van der Waals surface area contributed by atoms with E-state index in [9.17, 15) is 19.8 Å². The Bertz CT molecular complexity index is 1430. The lowest BCUT2D eigenvalue weighted by Crippen LogP contribution is -2.34. The smallest absolute Gasteiger partial charge is 0.306 e. The Balaban J connectivity index is 2.85. The van der Waals surface area contributed by atoms with Gasteiger partial charge in [0, 0.05) is 25.9 Å². The van der Waals surface area contributed by atoms with Crippen LogP contribution in [0.3, 0.4) is 0 Å². The van der Waals surface area contributed by atoms with Crippen LogP contribution in [0.15, 0.2) is 96.7 Å². The van der Waals surface area contributed by atoms with Crippen LogP contribution in [-0.2, 0) is 23.8 Å². The lowest BCUT2D eigenvalue weighted by Gasteiger charge is -2.36. The van der Waals surface area contributed by atoms with Gasteiger partial charge in [-0.05, 0) is 107 Å². The van der Waals surface area contributed by atoms with Gasteiger partial charge >= 0.3 is 11.9 Å². The van der Waals surface area contributed by atoms with Gasteiger partial charge in [-0.3, -0.25) is 9.59 Å². The molecule has 1 aliphatic rings. The highest BCUT2D eigenvalue weighted by Gasteiger charge is 2.32. The van der Waals surface area contributed by atoms with Crippen LogP contribution in [0.25, 0.3) is 0 Å². The second-order valence-electron chi connectivity index (χ2n) is 18.2. The molecular formula is C54H88O7. The van der Waals surface area contributed by atoms with Crippen molar-refractivity contribution in [3.8, 4) is 0 Å². The van der Waals surface area contributed by atoms with E-state index in [0.717, 1.165) is 50.5 Å². The number of allylic oxidation sites excluding steroid dienone is 13. The highest BCUT2D eigenvalue weighted by molar-refractivity contribution is 5.70. The van der Waals surface area contributed by atoms with Crippen LogP contribution < -0.4 is 0 Å². The molecule has 0 radical (unpaired) electrons. The van der Waals surface area contributed by atoms with Crippen molar-refractivity contribution in [1.82, 2.24) is 0 Å². The minimum Gasteiger partial charge on any atom is -0.466 e. The quantitative estimate of drug-likeness (QED) is 0.111. The number of hydrogen-bond acceptors (Lipinski definition) is 7. The molecule has 1 aliphatic heterocycles. The Kier molecular flexibility index (Phi) is 30.5. The summed E-state index contributed by atoms with van der Waals surface area (Å²) in [6, 6.07) is 0. The van der Waals surface area contributed by atoms with E-state index in [1.54, 1.807) is 14.0 Å². The van der Waals surface area contributed by atoms with Gasteiger partial charge in [-0.15, -0.1) is 0 Å². The third-order valence-electron chi connectivity index (χ3n) is 13.3. The maximum atomic E-state index is 13.6. The van der Waals surface area contributed by atoms with E-state index < -0.39 is 12.2 Å². The van der Waals surface area contributed by atoms with E-state index in [2.05, 4.69) is 65.8 Å². The number of aliphatic hydroxyl groups excluding tert-OH is 2. The summed E-state index contributed by atoms with van der Waals surface area (Å²) in [5.41, 5.74) is 0.933. The van der Waals surface area contributed by atoms with Gasteiger partial charge < -0.3 is 24.4 Å². The van der Waals surface area contributed by atoms with Gasteiger partial charge in [0.15, 0.2) is 0 Å². The van der Waals surface area contributed by atoms with Gasteiger partial charge in [0.25, 0.3) is 0 Å². The summed E-state index contributed by atoms with van der Waals surface area (Å²) in [5.74, 6) is 2.30. The number of carbonyl (C=O) groups excluding carboxylic acids is 2. The van der Waals surface area contributed by atoms with Crippen LogP contribution in [0.4, 0.5) is 0 Å². The molecule has 0 aliphatic carbocycles. The van der Waals surface area contributed by atoms with E-state index in [1.165, 1.54) is 0 Å². The summed E-state index contributed by atoms with van der Waals surface area (Å²) < 4.78 is 17.0. The first-order valence-corrected chi connectivity index (χ1v) is 23.7. The zero-order chi connectivity index (χ0) is 45.6. The minimum absolute atomic E-state index is 0.169. The fraction of sp³-hybridized carbons (Fsp3) is 0.667.